The van der Waals surface area contributed by atoms with Crippen LogP contribution in [-0.2, 0) is 11.2 Å². The quantitative estimate of drug-likeness (QED) is 0.560. The van der Waals surface area contributed by atoms with Crippen molar-refractivity contribution < 1.29 is 14.6 Å². The Morgan fingerprint density at radius 3 is 2.14 bits per heavy atom. The summed E-state index contributed by atoms with van der Waals surface area (Å²) >= 11 is 3.41. The van der Waals surface area contributed by atoms with E-state index in [9.17, 15) is 9.90 Å². The number of nitrogens with one attached hydrogen (secondary N) is 1. The van der Waals surface area contributed by atoms with E-state index in [1.165, 1.54) is 22.3 Å². The van der Waals surface area contributed by atoms with Gasteiger partial charge in [-0.15, -0.1) is 0 Å². The lowest BCUT2D eigenvalue weighted by Crippen LogP contribution is -2.39. The number of ether oxygens (including phenoxy) is 1. The van der Waals surface area contributed by atoms with Crippen LogP contribution in [0.25, 0.3) is 11.1 Å². The normalized spacial score (nSPS) is 13.4. The first-order valence-corrected chi connectivity index (χ1v) is 10.4. The highest BCUT2D eigenvalue weighted by Gasteiger charge is 2.29. The van der Waals surface area contributed by atoms with Gasteiger partial charge in [-0.25, -0.2) is 4.79 Å². The number of hydrogen-bond acceptors (Lipinski definition) is 3. The number of aliphatic hydroxyl groups is 1. The molecule has 0 saturated heterocycles. The third kappa shape index (κ3) is 4.36. The van der Waals surface area contributed by atoms with Crippen molar-refractivity contribution in [1.82, 2.24) is 5.32 Å². The van der Waals surface area contributed by atoms with Gasteiger partial charge < -0.3 is 15.2 Å². The van der Waals surface area contributed by atoms with E-state index in [0.717, 1.165) is 10.0 Å². The third-order valence-electron chi connectivity index (χ3n) is 5.28. The zero-order valence-corrected chi connectivity index (χ0v) is 17.4. The molecule has 3 aromatic rings. The maximum atomic E-state index is 12.4. The number of benzene rings is 3. The van der Waals surface area contributed by atoms with Crippen molar-refractivity contribution in [1.29, 1.82) is 0 Å². The highest BCUT2D eigenvalue weighted by molar-refractivity contribution is 9.10. The van der Waals surface area contributed by atoms with Gasteiger partial charge in [-0.3, -0.25) is 0 Å². The minimum absolute atomic E-state index is 0.0206. The van der Waals surface area contributed by atoms with Crippen LogP contribution in [0.4, 0.5) is 4.79 Å². The second kappa shape index (κ2) is 8.80. The second-order valence-electron chi connectivity index (χ2n) is 7.18. The first kappa shape index (κ1) is 19.7. The molecule has 1 aliphatic rings. The summed E-state index contributed by atoms with van der Waals surface area (Å²) in [5, 5.41) is 12.4. The van der Waals surface area contributed by atoms with Gasteiger partial charge in [0, 0.05) is 10.4 Å². The molecule has 148 valence electrons. The Morgan fingerprint density at radius 2 is 1.55 bits per heavy atom. The van der Waals surface area contributed by atoms with Crippen molar-refractivity contribution >= 4 is 22.0 Å². The van der Waals surface area contributed by atoms with Crippen LogP contribution >= 0.6 is 15.9 Å². The Balaban J connectivity index is 1.40. The molecule has 29 heavy (non-hydrogen) atoms. The number of rotatable bonds is 6. The second-order valence-corrected chi connectivity index (χ2v) is 8.10. The molecule has 5 heteroatoms. The summed E-state index contributed by atoms with van der Waals surface area (Å²) in [6.07, 6.45) is 0.0246. The maximum Gasteiger partial charge on any atom is 0.407 e. The summed E-state index contributed by atoms with van der Waals surface area (Å²) in [6.45, 7) is 0.108. The minimum atomic E-state index is -0.511. The molecular weight excluding hydrogens is 430 g/mol. The summed E-state index contributed by atoms with van der Waals surface area (Å²) in [4.78, 5) is 12.4. The largest absolute Gasteiger partial charge is 0.449 e. The van der Waals surface area contributed by atoms with E-state index in [4.69, 9.17) is 4.74 Å². The molecule has 1 atom stereocenters. The van der Waals surface area contributed by atoms with Gasteiger partial charge in [0.1, 0.15) is 6.61 Å². The highest BCUT2D eigenvalue weighted by Crippen LogP contribution is 2.44. The molecule has 0 bridgehead atoms. The summed E-state index contributed by atoms with van der Waals surface area (Å²) < 4.78 is 6.55. The zero-order valence-electron chi connectivity index (χ0n) is 15.8. The molecule has 2 N–H and O–H groups in total. The standard InChI is InChI=1S/C24H22BrNO3/c25-17-11-9-16(10-12-17)13-18(14-27)26-24(28)29-15-23-21-7-3-1-5-19(21)20-6-2-4-8-22(20)23/h1-12,18,23,27H,13-15H2,(H,26,28)/t18-/m0/s1. The number of amides is 1. The van der Waals surface area contributed by atoms with Crippen molar-refractivity contribution in [3.05, 3.63) is 94.0 Å². The number of fused-ring (bicyclic) bond motifs is 3. The fourth-order valence-electron chi connectivity index (χ4n) is 3.87. The molecule has 0 radical (unpaired) electrons. The molecule has 0 fully saturated rings. The minimum Gasteiger partial charge on any atom is -0.449 e. The van der Waals surface area contributed by atoms with Crippen LogP contribution < -0.4 is 5.32 Å². The molecule has 0 aliphatic heterocycles. The first-order valence-electron chi connectivity index (χ1n) is 9.62. The van der Waals surface area contributed by atoms with Crippen molar-refractivity contribution in [3.8, 4) is 11.1 Å². The predicted octanol–water partition coefficient (Wildman–Crippen LogP) is 4.89. The highest BCUT2D eigenvalue weighted by atomic mass is 79.9. The van der Waals surface area contributed by atoms with Gasteiger partial charge in [0.2, 0.25) is 0 Å². The molecule has 3 aromatic carbocycles. The van der Waals surface area contributed by atoms with Crippen molar-refractivity contribution in [2.45, 2.75) is 18.4 Å². The SMILES string of the molecule is O=C(N[C@H](CO)Cc1ccc(Br)cc1)OCC1c2ccccc2-c2ccccc21. The van der Waals surface area contributed by atoms with Gasteiger partial charge in [0.05, 0.1) is 12.6 Å². The molecule has 1 amide bonds. The third-order valence-corrected chi connectivity index (χ3v) is 5.81. The maximum absolute atomic E-state index is 12.4. The van der Waals surface area contributed by atoms with Gasteiger partial charge in [-0.1, -0.05) is 76.6 Å². The zero-order chi connectivity index (χ0) is 20.2. The average molecular weight is 452 g/mol. The van der Waals surface area contributed by atoms with Gasteiger partial charge in [-0.05, 0) is 46.4 Å². The van der Waals surface area contributed by atoms with Crippen LogP contribution in [0.3, 0.4) is 0 Å². The van der Waals surface area contributed by atoms with Crippen molar-refractivity contribution in [2.24, 2.45) is 0 Å². The van der Waals surface area contributed by atoms with E-state index in [1.807, 2.05) is 48.5 Å². The van der Waals surface area contributed by atoms with E-state index >= 15 is 0 Å². The summed E-state index contributed by atoms with van der Waals surface area (Å²) in [6, 6.07) is 23.9. The van der Waals surface area contributed by atoms with Gasteiger partial charge in [0.25, 0.3) is 0 Å². The van der Waals surface area contributed by atoms with Crippen LogP contribution in [0.5, 0.6) is 0 Å². The van der Waals surface area contributed by atoms with Crippen LogP contribution in [0.2, 0.25) is 0 Å². The summed E-state index contributed by atoms with van der Waals surface area (Å²) in [7, 11) is 0. The Kier molecular flexibility index (Phi) is 5.97. The number of alkyl carbamates (subject to hydrolysis) is 1. The van der Waals surface area contributed by atoms with Crippen molar-refractivity contribution in [3.63, 3.8) is 0 Å². The van der Waals surface area contributed by atoms with Crippen LogP contribution in [-0.4, -0.2) is 30.5 Å². The molecule has 4 nitrogen and oxygen atoms in total. The number of carbonyl (C=O) groups excluding carboxylic acids is 1. The van der Waals surface area contributed by atoms with E-state index in [-0.39, 0.29) is 19.1 Å². The summed E-state index contributed by atoms with van der Waals surface area (Å²) in [5.74, 6) is 0.0206. The Labute approximate surface area is 178 Å². The van der Waals surface area contributed by atoms with E-state index in [0.29, 0.717) is 6.42 Å². The van der Waals surface area contributed by atoms with E-state index < -0.39 is 12.1 Å². The number of hydrogen-bond donors (Lipinski definition) is 2. The van der Waals surface area contributed by atoms with Gasteiger partial charge in [-0.2, -0.15) is 0 Å². The molecule has 0 heterocycles. The van der Waals surface area contributed by atoms with E-state index in [2.05, 4.69) is 45.5 Å². The number of aliphatic hydroxyl groups excluding tert-OH is 1. The van der Waals surface area contributed by atoms with Crippen molar-refractivity contribution in [2.75, 3.05) is 13.2 Å². The lowest BCUT2D eigenvalue weighted by molar-refractivity contribution is 0.132. The van der Waals surface area contributed by atoms with Crippen LogP contribution in [0.15, 0.2) is 77.3 Å². The fraction of sp³-hybridized carbons (Fsp3) is 0.208. The lowest BCUT2D eigenvalue weighted by atomic mass is 9.98. The Hall–Kier alpha value is -2.63. The monoisotopic (exact) mass is 451 g/mol. The average Bonchev–Trinajstić information content (AvgIpc) is 3.07. The molecular formula is C24H22BrNO3. The smallest absolute Gasteiger partial charge is 0.407 e. The Morgan fingerprint density at radius 1 is 0.966 bits per heavy atom. The molecule has 1 aliphatic carbocycles. The molecule has 4 rings (SSSR count). The topological polar surface area (TPSA) is 58.6 Å². The van der Waals surface area contributed by atoms with E-state index in [1.54, 1.807) is 0 Å². The number of carbonyl (C=O) groups is 1. The Bertz CT molecular complexity index is 958. The predicted molar refractivity (Wildman–Crippen MR) is 117 cm³/mol. The number of halogens is 1. The first-order chi connectivity index (χ1) is 14.2. The van der Waals surface area contributed by atoms with Gasteiger partial charge >= 0.3 is 6.09 Å². The van der Waals surface area contributed by atoms with Crippen LogP contribution in [0, 0.1) is 0 Å². The molecule has 0 unspecified atom stereocenters. The fourth-order valence-corrected chi connectivity index (χ4v) is 4.14. The molecule has 0 aromatic heterocycles. The summed E-state index contributed by atoms with van der Waals surface area (Å²) in [5.41, 5.74) is 5.78. The van der Waals surface area contributed by atoms with Gasteiger partial charge in [0.15, 0.2) is 0 Å². The van der Waals surface area contributed by atoms with Crippen LogP contribution in [0.1, 0.15) is 22.6 Å². The molecule has 0 spiro atoms. The molecule has 0 saturated carbocycles. The lowest BCUT2D eigenvalue weighted by Gasteiger charge is -2.18.